The van der Waals surface area contributed by atoms with Crippen LogP contribution in [0.4, 0.5) is 5.69 Å². The molecule has 1 aliphatic heterocycles. The van der Waals surface area contributed by atoms with Gasteiger partial charge in [0.2, 0.25) is 10.0 Å². The molecule has 36 heavy (non-hydrogen) atoms. The van der Waals surface area contributed by atoms with E-state index in [4.69, 9.17) is 16.3 Å². The number of rotatable bonds is 8. The summed E-state index contributed by atoms with van der Waals surface area (Å²) in [6, 6.07) is 10.8. The maximum atomic E-state index is 13.2. The zero-order chi connectivity index (χ0) is 26.0. The Bertz CT molecular complexity index is 1340. The smallest absolute Gasteiger partial charge is 0.322 e. The monoisotopic (exact) mass is 532 g/mol. The summed E-state index contributed by atoms with van der Waals surface area (Å²) in [7, 11) is -1.68. The summed E-state index contributed by atoms with van der Waals surface area (Å²) >= 11 is 6.15. The Kier molecular flexibility index (Phi) is 7.89. The first-order valence-electron chi connectivity index (χ1n) is 12.0. The Hall–Kier alpha value is -2.66. The Balaban J connectivity index is 1.53. The number of anilines is 1. The van der Waals surface area contributed by atoms with Crippen molar-refractivity contribution in [2.45, 2.75) is 45.2 Å². The minimum atomic E-state index is -3.81. The van der Waals surface area contributed by atoms with Crippen molar-refractivity contribution in [2.24, 2.45) is 0 Å². The van der Waals surface area contributed by atoms with Crippen molar-refractivity contribution in [3.05, 3.63) is 58.4 Å². The molecule has 194 valence electrons. The molecule has 0 saturated carbocycles. The first-order valence-corrected chi connectivity index (χ1v) is 13.9. The third kappa shape index (κ3) is 5.67. The van der Waals surface area contributed by atoms with Gasteiger partial charge in [0, 0.05) is 49.5 Å². The van der Waals surface area contributed by atoms with Crippen LogP contribution in [0.5, 0.6) is 11.8 Å². The summed E-state index contributed by atoms with van der Waals surface area (Å²) in [4.78, 5) is 4.84. The lowest BCUT2D eigenvalue weighted by molar-refractivity contribution is 0.312. The number of piperazine rings is 1. The van der Waals surface area contributed by atoms with Gasteiger partial charge in [-0.3, -0.25) is 4.57 Å². The van der Waals surface area contributed by atoms with Crippen LogP contribution in [0.2, 0.25) is 5.02 Å². The molecule has 2 aromatic carbocycles. The molecular formula is C25H33ClN6O3S. The quantitative estimate of drug-likeness (QED) is 0.466. The van der Waals surface area contributed by atoms with Gasteiger partial charge >= 0.3 is 6.01 Å². The van der Waals surface area contributed by atoms with Crippen molar-refractivity contribution >= 4 is 27.3 Å². The number of hydrogen-bond acceptors (Lipinski definition) is 7. The second-order valence-electron chi connectivity index (χ2n) is 9.18. The van der Waals surface area contributed by atoms with Crippen molar-refractivity contribution in [2.75, 3.05) is 38.1 Å². The molecule has 1 N–H and O–H groups in total. The van der Waals surface area contributed by atoms with E-state index in [-0.39, 0.29) is 4.90 Å². The number of benzene rings is 2. The Morgan fingerprint density at radius 2 is 1.81 bits per heavy atom. The fourth-order valence-corrected chi connectivity index (χ4v) is 6.03. The molecule has 0 unspecified atom stereocenters. The van der Waals surface area contributed by atoms with Crippen LogP contribution in [0.25, 0.3) is 0 Å². The Morgan fingerprint density at radius 1 is 1.08 bits per heavy atom. The number of nitrogens with zero attached hydrogens (tertiary/aromatic N) is 5. The third-order valence-electron chi connectivity index (χ3n) is 6.42. The molecule has 0 spiro atoms. The van der Waals surface area contributed by atoms with Gasteiger partial charge < -0.3 is 14.5 Å². The normalized spacial score (nSPS) is 15.8. The first kappa shape index (κ1) is 26.4. The summed E-state index contributed by atoms with van der Waals surface area (Å²) in [5.74, 6) is 1.12. The molecule has 1 saturated heterocycles. The second kappa shape index (κ2) is 10.8. The molecule has 9 nitrogen and oxygen atoms in total. The number of ether oxygens (including phenoxy) is 1. The third-order valence-corrected chi connectivity index (χ3v) is 8.51. The average molecular weight is 533 g/mol. The SMILES string of the molecule is CCn1c(Oc2cccc(N3CCN(C)CC3)c2)nnc1[C@@H](C)NS(=O)(=O)c1cc(C)c(Cl)cc1C. The van der Waals surface area contributed by atoms with E-state index >= 15 is 0 Å². The summed E-state index contributed by atoms with van der Waals surface area (Å²) < 4.78 is 36.9. The van der Waals surface area contributed by atoms with Gasteiger partial charge in [0.15, 0.2) is 5.82 Å². The molecule has 1 aromatic heterocycles. The van der Waals surface area contributed by atoms with E-state index in [2.05, 4.69) is 37.8 Å². The van der Waals surface area contributed by atoms with E-state index in [9.17, 15) is 8.42 Å². The lowest BCUT2D eigenvalue weighted by Crippen LogP contribution is -2.44. The highest BCUT2D eigenvalue weighted by Crippen LogP contribution is 2.29. The van der Waals surface area contributed by atoms with Gasteiger partial charge in [-0.2, -0.15) is 0 Å². The molecule has 0 bridgehead atoms. The molecule has 1 atom stereocenters. The molecule has 4 rings (SSSR count). The van der Waals surface area contributed by atoms with Gasteiger partial charge in [-0.1, -0.05) is 22.8 Å². The van der Waals surface area contributed by atoms with Crippen LogP contribution in [0.3, 0.4) is 0 Å². The van der Waals surface area contributed by atoms with Crippen LogP contribution in [-0.4, -0.2) is 61.3 Å². The molecule has 1 fully saturated rings. The van der Waals surface area contributed by atoms with Gasteiger partial charge in [0.05, 0.1) is 10.9 Å². The summed E-state index contributed by atoms with van der Waals surface area (Å²) in [5.41, 5.74) is 2.37. The van der Waals surface area contributed by atoms with Gasteiger partial charge in [-0.05, 0) is 70.1 Å². The van der Waals surface area contributed by atoms with Crippen molar-refractivity contribution in [1.82, 2.24) is 24.4 Å². The minimum absolute atomic E-state index is 0.191. The number of nitrogens with one attached hydrogen (secondary N) is 1. The van der Waals surface area contributed by atoms with Crippen molar-refractivity contribution in [3.8, 4) is 11.8 Å². The topological polar surface area (TPSA) is 92.6 Å². The van der Waals surface area contributed by atoms with Crippen molar-refractivity contribution in [3.63, 3.8) is 0 Å². The summed E-state index contributed by atoms with van der Waals surface area (Å²) in [6.45, 7) is 11.6. The average Bonchev–Trinajstić information content (AvgIpc) is 3.24. The Labute approximate surface area is 218 Å². The summed E-state index contributed by atoms with van der Waals surface area (Å²) in [6.07, 6.45) is 0. The van der Waals surface area contributed by atoms with Crippen LogP contribution >= 0.6 is 11.6 Å². The fraction of sp³-hybridized carbons (Fsp3) is 0.440. The van der Waals surface area contributed by atoms with E-state index in [0.717, 1.165) is 31.9 Å². The maximum Gasteiger partial charge on any atom is 0.322 e. The fourth-order valence-electron chi connectivity index (χ4n) is 4.30. The van der Waals surface area contributed by atoms with Crippen LogP contribution < -0.4 is 14.4 Å². The molecular weight excluding hydrogens is 500 g/mol. The molecule has 2 heterocycles. The molecule has 0 radical (unpaired) electrons. The number of hydrogen-bond donors (Lipinski definition) is 1. The van der Waals surface area contributed by atoms with E-state index in [1.165, 1.54) is 0 Å². The van der Waals surface area contributed by atoms with E-state index in [1.807, 2.05) is 25.1 Å². The minimum Gasteiger partial charge on any atom is -0.424 e. The number of halogens is 1. The highest BCUT2D eigenvalue weighted by Gasteiger charge is 2.26. The summed E-state index contributed by atoms with van der Waals surface area (Å²) in [5, 5.41) is 9.01. The highest BCUT2D eigenvalue weighted by molar-refractivity contribution is 7.89. The van der Waals surface area contributed by atoms with Gasteiger partial charge in [-0.25, -0.2) is 13.1 Å². The van der Waals surface area contributed by atoms with E-state index < -0.39 is 16.1 Å². The molecule has 11 heteroatoms. The maximum absolute atomic E-state index is 13.2. The van der Waals surface area contributed by atoms with Crippen LogP contribution in [0.1, 0.15) is 36.8 Å². The lowest BCUT2D eigenvalue weighted by atomic mass is 10.2. The van der Waals surface area contributed by atoms with Crippen LogP contribution in [0, 0.1) is 13.8 Å². The second-order valence-corrected chi connectivity index (χ2v) is 11.3. The number of aryl methyl sites for hydroxylation is 2. The molecule has 0 aliphatic carbocycles. The van der Waals surface area contributed by atoms with E-state index in [0.29, 0.717) is 40.3 Å². The number of likely N-dealkylation sites (N-methyl/N-ethyl adjacent to an activating group) is 1. The van der Waals surface area contributed by atoms with Crippen LogP contribution in [0.15, 0.2) is 41.3 Å². The lowest BCUT2D eigenvalue weighted by Gasteiger charge is -2.34. The van der Waals surface area contributed by atoms with Crippen molar-refractivity contribution < 1.29 is 13.2 Å². The molecule has 1 aliphatic rings. The first-order chi connectivity index (χ1) is 17.1. The standard InChI is InChI=1S/C25H33ClN6O3S/c1-6-32-24(19(4)29-36(33,34)23-15-17(2)22(26)14-18(23)3)27-28-25(32)35-21-9-7-8-20(16-21)31-12-10-30(5)11-13-31/h7-9,14-16,19,29H,6,10-13H2,1-5H3/t19-/m1/s1. The zero-order valence-electron chi connectivity index (χ0n) is 21.3. The predicted molar refractivity (Wildman–Crippen MR) is 142 cm³/mol. The van der Waals surface area contributed by atoms with Gasteiger partial charge in [0.25, 0.3) is 0 Å². The number of aromatic nitrogens is 3. The largest absolute Gasteiger partial charge is 0.424 e. The zero-order valence-corrected chi connectivity index (χ0v) is 22.9. The van der Waals surface area contributed by atoms with Gasteiger partial charge in [-0.15, -0.1) is 5.10 Å². The highest BCUT2D eigenvalue weighted by atomic mass is 35.5. The van der Waals surface area contributed by atoms with Gasteiger partial charge in [0.1, 0.15) is 5.75 Å². The predicted octanol–water partition coefficient (Wildman–Crippen LogP) is 4.15. The molecule has 0 amide bonds. The van der Waals surface area contributed by atoms with Crippen LogP contribution in [-0.2, 0) is 16.6 Å². The molecule has 3 aromatic rings. The number of sulfonamides is 1. The Morgan fingerprint density at radius 3 is 2.50 bits per heavy atom. The van der Waals surface area contributed by atoms with Crippen molar-refractivity contribution in [1.29, 1.82) is 0 Å². The van der Waals surface area contributed by atoms with E-state index in [1.54, 1.807) is 37.5 Å².